The topological polar surface area (TPSA) is 69.6 Å². The van der Waals surface area contributed by atoms with E-state index in [0.29, 0.717) is 18.9 Å². The number of carbonyl (C=O) groups excluding carboxylic acids is 1. The van der Waals surface area contributed by atoms with Crippen molar-refractivity contribution in [2.75, 3.05) is 6.54 Å². The first-order valence-corrected chi connectivity index (χ1v) is 6.27. The Morgan fingerprint density at radius 3 is 2.65 bits per heavy atom. The molecule has 0 radical (unpaired) electrons. The molecule has 1 heterocycles. The number of hydrogen-bond donors (Lipinski definition) is 2. The van der Waals surface area contributed by atoms with Crippen LogP contribution in [0.25, 0.3) is 0 Å². The van der Waals surface area contributed by atoms with Crippen LogP contribution in [-0.4, -0.2) is 40.6 Å². The normalized spacial score (nSPS) is 23.2. The fourth-order valence-corrected chi connectivity index (χ4v) is 2.04. The van der Waals surface area contributed by atoms with Crippen LogP contribution in [0.1, 0.15) is 40.0 Å². The van der Waals surface area contributed by atoms with Gasteiger partial charge in [-0.3, -0.25) is 0 Å². The molecule has 1 fully saturated rings. The Labute approximate surface area is 102 Å². The van der Waals surface area contributed by atoms with Crippen molar-refractivity contribution in [3.63, 3.8) is 0 Å². The van der Waals surface area contributed by atoms with E-state index in [1.807, 2.05) is 6.92 Å². The van der Waals surface area contributed by atoms with Crippen molar-refractivity contribution in [1.82, 2.24) is 10.2 Å². The van der Waals surface area contributed by atoms with Gasteiger partial charge in [0, 0.05) is 12.6 Å². The predicted molar refractivity (Wildman–Crippen MR) is 64.8 cm³/mol. The molecule has 0 aliphatic carbocycles. The van der Waals surface area contributed by atoms with E-state index in [1.165, 1.54) is 4.90 Å². The highest BCUT2D eigenvalue weighted by atomic mass is 16.4. The zero-order chi connectivity index (χ0) is 13.0. The van der Waals surface area contributed by atoms with Gasteiger partial charge in [0.05, 0.1) is 0 Å². The van der Waals surface area contributed by atoms with Crippen molar-refractivity contribution in [2.24, 2.45) is 5.92 Å². The summed E-state index contributed by atoms with van der Waals surface area (Å²) in [4.78, 5) is 24.3. The van der Waals surface area contributed by atoms with Crippen LogP contribution in [0, 0.1) is 5.92 Å². The Morgan fingerprint density at radius 2 is 2.12 bits per heavy atom. The summed E-state index contributed by atoms with van der Waals surface area (Å²) in [5.74, 6) is -0.515. The summed E-state index contributed by atoms with van der Waals surface area (Å²) in [6.45, 7) is 6.64. The second-order valence-electron chi connectivity index (χ2n) is 4.81. The lowest BCUT2D eigenvalue weighted by Gasteiger charge is -2.26. The third kappa shape index (κ3) is 3.35. The summed E-state index contributed by atoms with van der Waals surface area (Å²) in [5.41, 5.74) is 0. The van der Waals surface area contributed by atoms with Crippen LogP contribution in [-0.2, 0) is 4.79 Å². The number of aliphatic carboxylic acids is 1. The summed E-state index contributed by atoms with van der Waals surface area (Å²) < 4.78 is 0. The third-order valence-corrected chi connectivity index (χ3v) is 3.65. The molecule has 5 heteroatoms. The Balaban J connectivity index is 2.55. The number of urea groups is 1. The minimum Gasteiger partial charge on any atom is -0.480 e. The van der Waals surface area contributed by atoms with Crippen LogP contribution in [0.2, 0.25) is 0 Å². The van der Waals surface area contributed by atoms with E-state index in [4.69, 9.17) is 5.11 Å². The molecule has 0 aromatic carbocycles. The molecule has 1 rings (SSSR count). The number of carboxylic acids is 1. The van der Waals surface area contributed by atoms with E-state index < -0.39 is 12.0 Å². The highest BCUT2D eigenvalue weighted by Crippen LogP contribution is 2.18. The van der Waals surface area contributed by atoms with Gasteiger partial charge in [-0.2, -0.15) is 0 Å². The van der Waals surface area contributed by atoms with Crippen LogP contribution in [0.15, 0.2) is 0 Å². The highest BCUT2D eigenvalue weighted by molar-refractivity contribution is 5.83. The molecule has 0 spiro atoms. The lowest BCUT2D eigenvalue weighted by atomic mass is 10.0. The Bertz CT molecular complexity index is 293. The first-order chi connectivity index (χ1) is 7.97. The van der Waals surface area contributed by atoms with E-state index in [-0.39, 0.29) is 12.1 Å². The van der Waals surface area contributed by atoms with Gasteiger partial charge >= 0.3 is 12.0 Å². The van der Waals surface area contributed by atoms with Crippen molar-refractivity contribution < 1.29 is 14.7 Å². The van der Waals surface area contributed by atoms with Crippen molar-refractivity contribution in [3.8, 4) is 0 Å². The second-order valence-corrected chi connectivity index (χ2v) is 4.81. The molecule has 0 aromatic heterocycles. The highest BCUT2D eigenvalue weighted by Gasteiger charge is 2.34. The maximum Gasteiger partial charge on any atom is 0.326 e. The maximum absolute atomic E-state index is 11.9. The summed E-state index contributed by atoms with van der Waals surface area (Å²) in [6, 6.07) is -0.829. The predicted octanol–water partition coefficient (Wildman–Crippen LogP) is 1.68. The van der Waals surface area contributed by atoms with Gasteiger partial charge in [0.2, 0.25) is 0 Å². The monoisotopic (exact) mass is 242 g/mol. The summed E-state index contributed by atoms with van der Waals surface area (Å²) in [7, 11) is 0. The first kappa shape index (κ1) is 13.8. The summed E-state index contributed by atoms with van der Waals surface area (Å²) >= 11 is 0. The molecular weight excluding hydrogens is 220 g/mol. The number of carbonyl (C=O) groups is 2. The van der Waals surface area contributed by atoms with Gasteiger partial charge in [-0.1, -0.05) is 20.3 Å². The smallest absolute Gasteiger partial charge is 0.326 e. The first-order valence-electron chi connectivity index (χ1n) is 6.27. The molecule has 1 aliphatic rings. The standard InChI is InChI=1S/C12H22N2O3/c1-4-8(2)9(3)13-12(17)14-7-5-6-10(14)11(15)16/h8-10H,4-7H2,1-3H3,(H,13,17)(H,15,16). The largest absolute Gasteiger partial charge is 0.480 e. The van der Waals surface area contributed by atoms with E-state index >= 15 is 0 Å². The van der Waals surface area contributed by atoms with Gasteiger partial charge in [0.15, 0.2) is 0 Å². The molecule has 1 saturated heterocycles. The molecule has 3 unspecified atom stereocenters. The van der Waals surface area contributed by atoms with E-state index in [2.05, 4.69) is 19.2 Å². The average Bonchev–Trinajstić information content (AvgIpc) is 2.76. The van der Waals surface area contributed by atoms with E-state index in [9.17, 15) is 9.59 Å². The second kappa shape index (κ2) is 5.89. The van der Waals surface area contributed by atoms with Crippen molar-refractivity contribution in [3.05, 3.63) is 0 Å². The molecule has 3 atom stereocenters. The summed E-state index contributed by atoms with van der Waals surface area (Å²) in [5, 5.41) is 11.9. The van der Waals surface area contributed by atoms with Gasteiger partial charge in [-0.05, 0) is 25.7 Å². The van der Waals surface area contributed by atoms with Gasteiger partial charge in [0.25, 0.3) is 0 Å². The molecule has 1 aliphatic heterocycles. The molecule has 0 bridgehead atoms. The zero-order valence-electron chi connectivity index (χ0n) is 10.8. The van der Waals surface area contributed by atoms with Crippen molar-refractivity contribution in [1.29, 1.82) is 0 Å². The Hall–Kier alpha value is -1.26. The minimum atomic E-state index is -0.908. The number of carboxylic acid groups (broad SMARTS) is 1. The molecule has 0 saturated carbocycles. The van der Waals surface area contributed by atoms with E-state index in [1.54, 1.807) is 0 Å². The molecule has 5 nitrogen and oxygen atoms in total. The number of nitrogens with zero attached hydrogens (tertiary/aromatic N) is 1. The number of nitrogens with one attached hydrogen (secondary N) is 1. The lowest BCUT2D eigenvalue weighted by molar-refractivity contribution is -0.141. The number of amides is 2. The molecule has 98 valence electrons. The van der Waals surface area contributed by atoms with Crippen LogP contribution in [0.5, 0.6) is 0 Å². The van der Waals surface area contributed by atoms with Gasteiger partial charge in [-0.25, -0.2) is 9.59 Å². The molecule has 2 amide bonds. The van der Waals surface area contributed by atoms with Gasteiger partial charge in [0.1, 0.15) is 6.04 Å². The summed E-state index contributed by atoms with van der Waals surface area (Å²) in [6.07, 6.45) is 2.31. The minimum absolute atomic E-state index is 0.0718. The maximum atomic E-state index is 11.9. The molecule has 2 N–H and O–H groups in total. The van der Waals surface area contributed by atoms with Crippen LogP contribution < -0.4 is 5.32 Å². The van der Waals surface area contributed by atoms with Crippen LogP contribution >= 0.6 is 0 Å². The van der Waals surface area contributed by atoms with Gasteiger partial charge < -0.3 is 15.3 Å². The zero-order valence-corrected chi connectivity index (χ0v) is 10.8. The van der Waals surface area contributed by atoms with E-state index in [0.717, 1.165) is 12.8 Å². The number of hydrogen-bond acceptors (Lipinski definition) is 2. The third-order valence-electron chi connectivity index (χ3n) is 3.65. The quantitative estimate of drug-likeness (QED) is 0.788. The Kier molecular flexibility index (Phi) is 4.78. The average molecular weight is 242 g/mol. The SMILES string of the molecule is CCC(C)C(C)NC(=O)N1CCCC1C(=O)O. The number of likely N-dealkylation sites (tertiary alicyclic amines) is 1. The van der Waals surface area contributed by atoms with Crippen molar-refractivity contribution >= 4 is 12.0 Å². The fourth-order valence-electron chi connectivity index (χ4n) is 2.04. The number of rotatable bonds is 4. The molecule has 17 heavy (non-hydrogen) atoms. The lowest BCUT2D eigenvalue weighted by Crippen LogP contribution is -2.49. The van der Waals surface area contributed by atoms with Crippen molar-refractivity contribution in [2.45, 2.75) is 52.1 Å². The molecule has 0 aromatic rings. The fraction of sp³-hybridized carbons (Fsp3) is 0.833. The van der Waals surface area contributed by atoms with Gasteiger partial charge in [-0.15, -0.1) is 0 Å². The Morgan fingerprint density at radius 1 is 1.47 bits per heavy atom. The van der Waals surface area contributed by atoms with Crippen LogP contribution in [0.4, 0.5) is 4.79 Å². The van der Waals surface area contributed by atoms with Crippen LogP contribution in [0.3, 0.4) is 0 Å². The molecular formula is C12H22N2O3.